The summed E-state index contributed by atoms with van der Waals surface area (Å²) in [5.41, 5.74) is 5.79. The second-order valence-corrected chi connectivity index (χ2v) is 9.41. The van der Waals surface area contributed by atoms with Gasteiger partial charge in [0.05, 0.1) is 22.3 Å². The van der Waals surface area contributed by atoms with Crippen LogP contribution in [0.3, 0.4) is 0 Å². The summed E-state index contributed by atoms with van der Waals surface area (Å²) in [6.45, 7) is 4.03. The molecule has 172 valence electrons. The van der Waals surface area contributed by atoms with Crippen LogP contribution in [0.5, 0.6) is 0 Å². The minimum absolute atomic E-state index is 0.0973. The van der Waals surface area contributed by atoms with E-state index in [0.717, 1.165) is 44.5 Å². The van der Waals surface area contributed by atoms with E-state index in [4.69, 9.17) is 0 Å². The van der Waals surface area contributed by atoms with Gasteiger partial charge in [0, 0.05) is 18.1 Å². The van der Waals surface area contributed by atoms with Gasteiger partial charge in [0.25, 0.3) is 5.56 Å². The van der Waals surface area contributed by atoms with Crippen molar-refractivity contribution in [2.45, 2.75) is 24.8 Å². The van der Waals surface area contributed by atoms with Gasteiger partial charge in [-0.1, -0.05) is 48.2 Å². The van der Waals surface area contributed by atoms with Crippen LogP contribution in [0.15, 0.2) is 95.1 Å². The molecule has 0 aliphatic rings. The second-order valence-electron chi connectivity index (χ2n) is 8.47. The van der Waals surface area contributed by atoms with Gasteiger partial charge in [0.1, 0.15) is 0 Å². The third-order valence-electron chi connectivity index (χ3n) is 6.07. The Bertz CT molecular complexity index is 1730. The van der Waals surface area contributed by atoms with Crippen LogP contribution in [0, 0.1) is 13.8 Å². The van der Waals surface area contributed by atoms with Crippen molar-refractivity contribution in [1.82, 2.24) is 28.9 Å². The van der Waals surface area contributed by atoms with Gasteiger partial charge < -0.3 is 0 Å². The Morgan fingerprint density at radius 1 is 0.914 bits per heavy atom. The first kappa shape index (κ1) is 21.4. The Hall–Kier alpha value is -4.17. The first-order chi connectivity index (χ1) is 17.1. The quantitative estimate of drug-likeness (QED) is 0.321. The van der Waals surface area contributed by atoms with Crippen molar-refractivity contribution in [1.29, 1.82) is 0 Å². The minimum atomic E-state index is -0.0973. The van der Waals surface area contributed by atoms with E-state index in [-0.39, 0.29) is 5.56 Å². The average Bonchev–Trinajstić information content (AvgIpc) is 3.56. The number of hydrogen-bond donors (Lipinski definition) is 0. The first-order valence-electron chi connectivity index (χ1n) is 11.3. The maximum atomic E-state index is 13.6. The lowest BCUT2D eigenvalue weighted by Gasteiger charge is -2.14. The van der Waals surface area contributed by atoms with Crippen LogP contribution in [-0.4, -0.2) is 28.9 Å². The van der Waals surface area contributed by atoms with Crippen LogP contribution in [0.2, 0.25) is 0 Å². The fourth-order valence-electron chi connectivity index (χ4n) is 4.26. The summed E-state index contributed by atoms with van der Waals surface area (Å²) in [4.78, 5) is 13.6. The van der Waals surface area contributed by atoms with E-state index in [9.17, 15) is 4.79 Å². The van der Waals surface area contributed by atoms with Gasteiger partial charge in [-0.2, -0.15) is 5.10 Å². The molecule has 0 amide bonds. The first-order valence-corrected chi connectivity index (χ1v) is 12.3. The topological polar surface area (TPSA) is 70.0 Å². The van der Waals surface area contributed by atoms with Crippen molar-refractivity contribution in [3.05, 3.63) is 112 Å². The highest BCUT2D eigenvalue weighted by atomic mass is 32.2. The van der Waals surface area contributed by atoms with E-state index in [0.29, 0.717) is 11.2 Å². The lowest BCUT2D eigenvalue weighted by Crippen LogP contribution is -2.22. The summed E-state index contributed by atoms with van der Waals surface area (Å²) in [6, 6.07) is 23.9. The molecule has 0 fully saturated rings. The van der Waals surface area contributed by atoms with Crippen molar-refractivity contribution in [2.75, 3.05) is 0 Å². The molecule has 0 aliphatic heterocycles. The molecule has 6 aromatic rings. The van der Waals surface area contributed by atoms with Gasteiger partial charge in [-0.15, -0.1) is 10.2 Å². The number of para-hydroxylation sites is 1. The molecule has 3 aromatic heterocycles. The van der Waals surface area contributed by atoms with Gasteiger partial charge in [-0.3, -0.25) is 9.20 Å². The summed E-state index contributed by atoms with van der Waals surface area (Å²) in [5.74, 6) is 1.23. The lowest BCUT2D eigenvalue weighted by molar-refractivity contribution is 0.880. The second kappa shape index (κ2) is 8.56. The van der Waals surface area contributed by atoms with E-state index in [1.807, 2.05) is 77.7 Å². The monoisotopic (exact) mass is 478 g/mol. The number of thioether (sulfide) groups is 1. The van der Waals surface area contributed by atoms with Gasteiger partial charge in [0.2, 0.25) is 5.78 Å². The Labute approximate surface area is 205 Å². The maximum Gasteiger partial charge on any atom is 0.267 e. The van der Waals surface area contributed by atoms with Crippen LogP contribution in [0.1, 0.15) is 16.7 Å². The molecule has 7 nitrogen and oxygen atoms in total. The van der Waals surface area contributed by atoms with E-state index >= 15 is 0 Å². The predicted octanol–water partition coefficient (Wildman–Crippen LogP) is 5.13. The smallest absolute Gasteiger partial charge is 0.267 e. The molecule has 0 saturated carbocycles. The fraction of sp³-hybridized carbons (Fsp3) is 0.111. The largest absolute Gasteiger partial charge is 0.268 e. The van der Waals surface area contributed by atoms with Gasteiger partial charge in [0.15, 0.2) is 5.16 Å². The molecule has 0 spiro atoms. The molecular formula is C27H22N6OS. The highest BCUT2D eigenvalue weighted by Crippen LogP contribution is 2.27. The molecule has 3 aromatic carbocycles. The number of nitrogens with zero attached hydrogens (tertiary/aromatic N) is 6. The molecule has 0 radical (unpaired) electrons. The molecule has 6 rings (SSSR count). The predicted molar refractivity (Wildman–Crippen MR) is 139 cm³/mol. The minimum Gasteiger partial charge on any atom is -0.268 e. The third-order valence-corrected chi connectivity index (χ3v) is 7.07. The lowest BCUT2D eigenvalue weighted by atomic mass is 10.1. The number of fused-ring (bicyclic) bond motifs is 3. The number of aromatic nitrogens is 6. The number of benzene rings is 3. The Morgan fingerprint density at radius 2 is 1.74 bits per heavy atom. The summed E-state index contributed by atoms with van der Waals surface area (Å²) in [7, 11) is 0. The average molecular weight is 479 g/mol. The molecular weight excluding hydrogens is 456 g/mol. The molecule has 35 heavy (non-hydrogen) atoms. The van der Waals surface area contributed by atoms with Crippen LogP contribution in [-0.2, 0) is 5.75 Å². The van der Waals surface area contributed by atoms with Crippen molar-refractivity contribution >= 4 is 28.4 Å². The maximum absolute atomic E-state index is 13.6. The zero-order valence-electron chi connectivity index (χ0n) is 19.3. The normalized spacial score (nSPS) is 11.5. The van der Waals surface area contributed by atoms with Gasteiger partial charge >= 0.3 is 0 Å². The molecule has 0 aliphatic carbocycles. The fourth-order valence-corrected chi connectivity index (χ4v) is 5.16. The molecule has 8 heteroatoms. The molecule has 0 N–H and O–H groups in total. The molecule has 0 saturated heterocycles. The highest BCUT2D eigenvalue weighted by Gasteiger charge is 2.19. The van der Waals surface area contributed by atoms with Crippen LogP contribution >= 0.6 is 11.8 Å². The van der Waals surface area contributed by atoms with E-state index in [1.165, 1.54) is 0 Å². The van der Waals surface area contributed by atoms with Crippen LogP contribution in [0.25, 0.3) is 28.1 Å². The van der Waals surface area contributed by atoms with E-state index < -0.39 is 0 Å². The van der Waals surface area contributed by atoms with Crippen molar-refractivity contribution in [2.24, 2.45) is 0 Å². The summed E-state index contributed by atoms with van der Waals surface area (Å²) in [5, 5.41) is 14.6. The SMILES string of the molecule is Cc1ccc(C)c(-n2c(=O)c3ccccc3n3c(SCc4ccc(-n5cccn5)cc4)nnc23)c1. The standard InChI is InChI=1S/C27H22N6OS/c1-18-8-9-19(2)24(16-18)32-25(34)22-6-3-4-7-23(22)33-26(32)29-30-27(33)35-17-20-10-12-21(13-11-20)31-15-5-14-28-31/h3-16H,17H2,1-2H3. The Morgan fingerprint density at radius 3 is 2.54 bits per heavy atom. The van der Waals surface area contributed by atoms with E-state index in [1.54, 1.807) is 22.5 Å². The Kier molecular flexibility index (Phi) is 5.22. The summed E-state index contributed by atoms with van der Waals surface area (Å²) < 4.78 is 5.50. The van der Waals surface area contributed by atoms with E-state index in [2.05, 4.69) is 39.6 Å². The van der Waals surface area contributed by atoms with Crippen molar-refractivity contribution < 1.29 is 0 Å². The summed E-state index contributed by atoms with van der Waals surface area (Å²) in [6.07, 6.45) is 3.69. The highest BCUT2D eigenvalue weighted by molar-refractivity contribution is 7.98. The van der Waals surface area contributed by atoms with Crippen LogP contribution in [0.4, 0.5) is 0 Å². The zero-order valence-corrected chi connectivity index (χ0v) is 20.1. The molecule has 0 bridgehead atoms. The number of rotatable bonds is 5. The zero-order chi connectivity index (χ0) is 23.9. The number of aryl methyl sites for hydroxylation is 2. The molecule has 3 heterocycles. The van der Waals surface area contributed by atoms with Gasteiger partial charge in [-0.05, 0) is 66.9 Å². The third kappa shape index (κ3) is 3.72. The summed E-state index contributed by atoms with van der Waals surface area (Å²) >= 11 is 1.60. The molecule has 0 unspecified atom stereocenters. The van der Waals surface area contributed by atoms with Crippen molar-refractivity contribution in [3.63, 3.8) is 0 Å². The Balaban J connectivity index is 1.44. The van der Waals surface area contributed by atoms with Crippen molar-refractivity contribution in [3.8, 4) is 11.4 Å². The number of hydrogen-bond acceptors (Lipinski definition) is 5. The van der Waals surface area contributed by atoms with Gasteiger partial charge in [-0.25, -0.2) is 9.25 Å². The molecule has 0 atom stereocenters. The van der Waals surface area contributed by atoms with Crippen LogP contribution < -0.4 is 5.56 Å².